The monoisotopic (exact) mass is 354 g/mol. The maximum absolute atomic E-state index is 12.1. The summed E-state index contributed by atoms with van der Waals surface area (Å²) in [6.45, 7) is 3.91. The lowest BCUT2D eigenvalue weighted by atomic mass is 9.42. The molecule has 2 aliphatic rings. The van der Waals surface area contributed by atoms with Gasteiger partial charge < -0.3 is 5.73 Å². The second-order valence-corrected chi connectivity index (χ2v) is 6.85. The summed E-state index contributed by atoms with van der Waals surface area (Å²) in [5.41, 5.74) is 8.11. The Bertz CT molecular complexity index is 866. The molecule has 5 nitrogen and oxygen atoms in total. The Morgan fingerprint density at radius 2 is 2.16 bits per heavy atom. The average Bonchev–Trinajstić information content (AvgIpc) is 3.25. The van der Waals surface area contributed by atoms with Crippen LogP contribution >= 0.6 is 11.6 Å². The number of hydrogen-bond acceptors (Lipinski definition) is 3. The van der Waals surface area contributed by atoms with Crippen molar-refractivity contribution in [3.8, 4) is 17.2 Å². The number of nitrogens with two attached hydrogens (primary N) is 1. The lowest BCUT2D eigenvalue weighted by molar-refractivity contribution is 0.1000. The third-order valence-corrected chi connectivity index (χ3v) is 5.09. The van der Waals surface area contributed by atoms with E-state index in [0.717, 1.165) is 30.4 Å². The van der Waals surface area contributed by atoms with Gasteiger partial charge in [0.05, 0.1) is 11.1 Å². The largest absolute Gasteiger partial charge is 0.365 e. The molecule has 0 radical (unpaired) electrons. The van der Waals surface area contributed by atoms with Crippen LogP contribution in [0.2, 0.25) is 11.3 Å². The van der Waals surface area contributed by atoms with Gasteiger partial charge in [-0.25, -0.2) is 5.26 Å². The van der Waals surface area contributed by atoms with Gasteiger partial charge in [-0.3, -0.25) is 9.48 Å². The minimum atomic E-state index is -0.504. The van der Waals surface area contributed by atoms with Gasteiger partial charge >= 0.3 is 0 Å². The van der Waals surface area contributed by atoms with Crippen molar-refractivity contribution in [3.63, 3.8) is 0 Å². The number of hydrogen-bond donors (Lipinski definition) is 1. The summed E-state index contributed by atoms with van der Waals surface area (Å²) in [7, 11) is 0. The smallest absolute Gasteiger partial charge is 0.276 e. The molecule has 2 N–H and O–H groups in total. The molecule has 2 aromatic rings. The highest BCUT2D eigenvalue weighted by Crippen LogP contribution is 2.52. The van der Waals surface area contributed by atoms with Gasteiger partial charge in [0.1, 0.15) is 5.69 Å². The predicted molar refractivity (Wildman–Crippen MR) is 99.6 cm³/mol. The Hall–Kier alpha value is -2.26. The maximum atomic E-state index is 12.1. The third-order valence-electron chi connectivity index (χ3n) is 4.85. The van der Waals surface area contributed by atoms with Crippen molar-refractivity contribution in [1.82, 2.24) is 9.78 Å². The van der Waals surface area contributed by atoms with Crippen LogP contribution < -0.4 is 5.73 Å². The summed E-state index contributed by atoms with van der Waals surface area (Å²) < 4.78 is 1.96. The van der Waals surface area contributed by atoms with Crippen LogP contribution in [0.25, 0.3) is 11.3 Å². The number of halogens is 1. The molecule has 2 heterocycles. The zero-order valence-electron chi connectivity index (χ0n) is 14.4. The number of carbonyl (C=O) groups is 1. The molecular formula is C18H20BClN4O. The lowest BCUT2D eigenvalue weighted by Crippen LogP contribution is -2.36. The van der Waals surface area contributed by atoms with Gasteiger partial charge in [0, 0.05) is 22.2 Å². The Labute approximate surface area is 152 Å². The lowest BCUT2D eigenvalue weighted by Gasteiger charge is -2.26. The van der Waals surface area contributed by atoms with Crippen LogP contribution in [0.4, 0.5) is 0 Å². The summed E-state index contributed by atoms with van der Waals surface area (Å²) >= 11 is 6.07. The third kappa shape index (κ3) is 2.93. The SMILES string of the molecule is CC.N#CB1Cc2c(C(N)=O)c(-c3cccc(Cl)c3)nn2C2(CC2)C1. The fourth-order valence-electron chi connectivity index (χ4n) is 3.63. The molecule has 1 aliphatic heterocycles. The molecule has 1 saturated carbocycles. The van der Waals surface area contributed by atoms with Crippen molar-refractivity contribution in [1.29, 1.82) is 5.26 Å². The topological polar surface area (TPSA) is 84.7 Å². The quantitative estimate of drug-likeness (QED) is 0.838. The van der Waals surface area contributed by atoms with Gasteiger partial charge in [-0.1, -0.05) is 37.6 Å². The maximum Gasteiger partial charge on any atom is 0.276 e. The molecule has 7 heteroatoms. The number of amides is 1. The standard InChI is InChI=1S/C16H14BClN4O.C2H6/c18-11-3-1-2-10(6-11)14-13(15(20)23)12-7-17(9-19)8-16(4-5-16)22(12)21-14;1-2/h1-3,6H,4-5,7-8H2,(H2,20,23);1-2H3. The molecule has 1 aromatic heterocycles. The average molecular weight is 355 g/mol. The van der Waals surface area contributed by atoms with Crippen LogP contribution in [0, 0.1) is 11.2 Å². The van der Waals surface area contributed by atoms with Crippen molar-refractivity contribution in [3.05, 3.63) is 40.5 Å². The summed E-state index contributed by atoms with van der Waals surface area (Å²) in [6.07, 6.45) is 3.30. The van der Waals surface area contributed by atoms with Crippen molar-refractivity contribution in [2.24, 2.45) is 5.73 Å². The highest BCUT2D eigenvalue weighted by Gasteiger charge is 2.53. The summed E-state index contributed by atoms with van der Waals surface area (Å²) in [4.78, 5) is 12.1. The molecule has 1 aliphatic carbocycles. The first-order valence-corrected chi connectivity index (χ1v) is 8.99. The highest BCUT2D eigenvalue weighted by molar-refractivity contribution is 6.67. The van der Waals surface area contributed by atoms with Gasteiger partial charge in [0.15, 0.2) is 0 Å². The molecule has 128 valence electrons. The van der Waals surface area contributed by atoms with Crippen LogP contribution in [0.3, 0.4) is 0 Å². The highest BCUT2D eigenvalue weighted by atomic mass is 35.5. The first kappa shape index (κ1) is 17.6. The number of rotatable bonds is 2. The van der Waals surface area contributed by atoms with Crippen molar-refractivity contribution in [2.75, 3.05) is 0 Å². The van der Waals surface area contributed by atoms with E-state index in [1.165, 1.54) is 0 Å². The van der Waals surface area contributed by atoms with E-state index in [0.29, 0.717) is 22.6 Å². The molecule has 0 unspecified atom stereocenters. The van der Waals surface area contributed by atoms with Crippen molar-refractivity contribution in [2.45, 2.75) is 44.9 Å². The van der Waals surface area contributed by atoms with Crippen LogP contribution in [0.5, 0.6) is 0 Å². The van der Waals surface area contributed by atoms with E-state index in [9.17, 15) is 10.1 Å². The Morgan fingerprint density at radius 3 is 2.72 bits per heavy atom. The van der Waals surface area contributed by atoms with Gasteiger partial charge in [-0.05, 0) is 37.6 Å². The number of carbonyl (C=O) groups excluding carboxylic acids is 1. The molecule has 4 rings (SSSR count). The molecule has 1 spiro atoms. The first-order chi connectivity index (χ1) is 12.0. The molecule has 0 atom stereocenters. The van der Waals surface area contributed by atoms with E-state index in [-0.39, 0.29) is 12.3 Å². The van der Waals surface area contributed by atoms with Crippen molar-refractivity contribution < 1.29 is 4.79 Å². The van der Waals surface area contributed by atoms with E-state index in [1.54, 1.807) is 12.1 Å². The number of benzene rings is 1. The summed E-state index contributed by atoms with van der Waals surface area (Å²) in [6, 6.07) is 7.25. The molecule has 25 heavy (non-hydrogen) atoms. The van der Waals surface area contributed by atoms with Crippen LogP contribution in [-0.4, -0.2) is 22.4 Å². The van der Waals surface area contributed by atoms with Gasteiger partial charge in [-0.15, -0.1) is 0 Å². The minimum absolute atomic E-state index is 0.0907. The van der Waals surface area contributed by atoms with Crippen molar-refractivity contribution >= 4 is 24.2 Å². The molecule has 1 fully saturated rings. The predicted octanol–water partition coefficient (Wildman–Crippen LogP) is 3.47. The Balaban J connectivity index is 0.000000880. The normalized spacial score (nSPS) is 16.5. The summed E-state index contributed by atoms with van der Waals surface area (Å²) in [5.74, 6) is 1.85. The molecular weight excluding hydrogens is 334 g/mol. The molecule has 1 amide bonds. The van der Waals surface area contributed by atoms with Crippen LogP contribution in [0.1, 0.15) is 42.7 Å². The van der Waals surface area contributed by atoms with E-state index in [2.05, 4.69) is 5.97 Å². The minimum Gasteiger partial charge on any atom is -0.365 e. The van der Waals surface area contributed by atoms with Crippen LogP contribution in [-0.2, 0) is 11.9 Å². The van der Waals surface area contributed by atoms with Crippen LogP contribution in [0.15, 0.2) is 24.3 Å². The fraction of sp³-hybridized carbons (Fsp3) is 0.389. The molecule has 1 aromatic carbocycles. The fourth-order valence-corrected chi connectivity index (χ4v) is 3.82. The number of fused-ring (bicyclic) bond motifs is 2. The Morgan fingerprint density at radius 1 is 1.44 bits per heavy atom. The number of nitrogens with zero attached hydrogens (tertiary/aromatic N) is 3. The van der Waals surface area contributed by atoms with Gasteiger partial charge in [0.2, 0.25) is 0 Å². The van der Waals surface area contributed by atoms with Gasteiger partial charge in [-0.2, -0.15) is 5.10 Å². The number of primary amides is 1. The molecule has 0 saturated heterocycles. The summed E-state index contributed by atoms with van der Waals surface area (Å²) in [5, 5.41) is 14.7. The molecule has 0 bridgehead atoms. The number of nitriles is 1. The van der Waals surface area contributed by atoms with E-state index in [1.807, 2.05) is 30.7 Å². The zero-order chi connectivity index (χ0) is 18.2. The van der Waals surface area contributed by atoms with E-state index in [4.69, 9.17) is 22.4 Å². The second-order valence-electron chi connectivity index (χ2n) is 6.42. The van der Waals surface area contributed by atoms with E-state index >= 15 is 0 Å². The second kappa shape index (κ2) is 6.57. The van der Waals surface area contributed by atoms with Gasteiger partial charge in [0.25, 0.3) is 12.6 Å². The first-order valence-electron chi connectivity index (χ1n) is 8.62. The Kier molecular flexibility index (Phi) is 4.61. The van der Waals surface area contributed by atoms with E-state index < -0.39 is 5.91 Å². The zero-order valence-corrected chi connectivity index (χ0v) is 15.2. The number of aromatic nitrogens is 2.